The van der Waals surface area contributed by atoms with Gasteiger partial charge in [0.25, 0.3) is 0 Å². The molecule has 0 unspecified atom stereocenters. The van der Waals surface area contributed by atoms with Crippen molar-refractivity contribution >= 4 is 21.6 Å². The standard InChI is InChI=1S/C27H31N3O3S/c1-28(34(2,32)33)25-15-13-22(14-16-25)21-26(31)29-17-19-30(20-18-29)27(23-9-5-3-6-10-23)24-11-7-4-8-12-24/h3-16,27H,17-21H2,1-2H3. The second kappa shape index (κ2) is 10.4. The highest BCUT2D eigenvalue weighted by molar-refractivity contribution is 7.92. The van der Waals surface area contributed by atoms with E-state index < -0.39 is 10.0 Å². The van der Waals surface area contributed by atoms with E-state index in [9.17, 15) is 13.2 Å². The van der Waals surface area contributed by atoms with E-state index in [0.717, 1.165) is 18.7 Å². The molecule has 34 heavy (non-hydrogen) atoms. The van der Waals surface area contributed by atoms with E-state index >= 15 is 0 Å². The summed E-state index contributed by atoms with van der Waals surface area (Å²) in [6, 6.07) is 28.3. The van der Waals surface area contributed by atoms with Crippen LogP contribution in [0.3, 0.4) is 0 Å². The van der Waals surface area contributed by atoms with Gasteiger partial charge in [0, 0.05) is 33.2 Å². The maximum Gasteiger partial charge on any atom is 0.231 e. The van der Waals surface area contributed by atoms with Crippen LogP contribution < -0.4 is 4.31 Å². The van der Waals surface area contributed by atoms with Gasteiger partial charge in [-0.25, -0.2) is 8.42 Å². The van der Waals surface area contributed by atoms with Crippen LogP contribution in [0.25, 0.3) is 0 Å². The maximum absolute atomic E-state index is 13.0. The molecule has 1 amide bonds. The van der Waals surface area contributed by atoms with Crippen LogP contribution in [0.5, 0.6) is 0 Å². The molecule has 1 aliphatic rings. The highest BCUT2D eigenvalue weighted by Gasteiger charge is 2.28. The zero-order valence-electron chi connectivity index (χ0n) is 19.7. The predicted molar refractivity (Wildman–Crippen MR) is 136 cm³/mol. The third kappa shape index (κ3) is 5.66. The Morgan fingerprint density at radius 1 is 0.824 bits per heavy atom. The van der Waals surface area contributed by atoms with Crippen molar-refractivity contribution in [2.75, 3.05) is 43.8 Å². The minimum absolute atomic E-state index is 0.0971. The van der Waals surface area contributed by atoms with Gasteiger partial charge in [0.15, 0.2) is 0 Å². The monoisotopic (exact) mass is 477 g/mol. The van der Waals surface area contributed by atoms with E-state index in [1.54, 1.807) is 12.1 Å². The Labute approximate surface area is 202 Å². The molecule has 0 aromatic heterocycles. The lowest BCUT2D eigenvalue weighted by molar-refractivity contribution is -0.132. The SMILES string of the molecule is CN(c1ccc(CC(=O)N2CCN(C(c3ccccc3)c3ccccc3)CC2)cc1)S(C)(=O)=O. The average molecular weight is 478 g/mol. The van der Waals surface area contributed by atoms with Crippen molar-refractivity contribution in [3.05, 3.63) is 102 Å². The van der Waals surface area contributed by atoms with E-state index in [2.05, 4.69) is 53.4 Å². The molecule has 1 aliphatic heterocycles. The number of sulfonamides is 1. The smallest absolute Gasteiger partial charge is 0.231 e. The zero-order chi connectivity index (χ0) is 24.1. The normalized spacial score (nSPS) is 14.9. The van der Waals surface area contributed by atoms with Crippen LogP contribution in [0.2, 0.25) is 0 Å². The molecule has 7 heteroatoms. The molecule has 0 saturated carbocycles. The van der Waals surface area contributed by atoms with E-state index in [0.29, 0.717) is 25.2 Å². The van der Waals surface area contributed by atoms with Gasteiger partial charge >= 0.3 is 0 Å². The number of carbonyl (C=O) groups excluding carboxylic acids is 1. The number of hydrogen-bond acceptors (Lipinski definition) is 4. The number of carbonyl (C=O) groups is 1. The minimum atomic E-state index is -3.31. The Kier molecular flexibility index (Phi) is 7.34. The van der Waals surface area contributed by atoms with Gasteiger partial charge in [0.05, 0.1) is 24.4 Å². The zero-order valence-corrected chi connectivity index (χ0v) is 20.5. The van der Waals surface area contributed by atoms with Gasteiger partial charge in [-0.1, -0.05) is 72.8 Å². The summed E-state index contributed by atoms with van der Waals surface area (Å²) < 4.78 is 24.7. The first-order chi connectivity index (χ1) is 16.3. The van der Waals surface area contributed by atoms with Crippen molar-refractivity contribution in [3.63, 3.8) is 0 Å². The largest absolute Gasteiger partial charge is 0.340 e. The highest BCUT2D eigenvalue weighted by Crippen LogP contribution is 2.29. The van der Waals surface area contributed by atoms with Crippen LogP contribution in [0.4, 0.5) is 5.69 Å². The van der Waals surface area contributed by atoms with Crippen LogP contribution >= 0.6 is 0 Å². The van der Waals surface area contributed by atoms with Gasteiger partial charge in [0.2, 0.25) is 15.9 Å². The van der Waals surface area contributed by atoms with Crippen LogP contribution in [0.1, 0.15) is 22.7 Å². The van der Waals surface area contributed by atoms with Crippen LogP contribution in [0.15, 0.2) is 84.9 Å². The number of benzene rings is 3. The fraction of sp³-hybridized carbons (Fsp3) is 0.296. The summed E-state index contributed by atoms with van der Waals surface area (Å²) in [6.45, 7) is 2.98. The number of rotatable bonds is 7. The molecule has 4 rings (SSSR count). The molecule has 1 fully saturated rings. The van der Waals surface area contributed by atoms with Crippen molar-refractivity contribution < 1.29 is 13.2 Å². The third-order valence-corrected chi connectivity index (χ3v) is 7.62. The van der Waals surface area contributed by atoms with Crippen LogP contribution in [-0.2, 0) is 21.2 Å². The van der Waals surface area contributed by atoms with E-state index in [-0.39, 0.29) is 11.9 Å². The third-order valence-electron chi connectivity index (χ3n) is 6.42. The van der Waals surface area contributed by atoms with Crippen molar-refractivity contribution in [2.45, 2.75) is 12.5 Å². The van der Waals surface area contributed by atoms with E-state index in [1.807, 2.05) is 29.2 Å². The summed E-state index contributed by atoms with van der Waals surface area (Å²) in [5.74, 6) is 0.0971. The molecule has 0 spiro atoms. The fourth-order valence-electron chi connectivity index (χ4n) is 4.42. The van der Waals surface area contributed by atoms with Crippen molar-refractivity contribution in [3.8, 4) is 0 Å². The summed E-state index contributed by atoms with van der Waals surface area (Å²) in [5, 5.41) is 0. The minimum Gasteiger partial charge on any atom is -0.340 e. The average Bonchev–Trinajstić information content (AvgIpc) is 2.85. The lowest BCUT2D eigenvalue weighted by Crippen LogP contribution is -2.50. The van der Waals surface area contributed by atoms with Gasteiger partial charge in [-0.15, -0.1) is 0 Å². The van der Waals surface area contributed by atoms with E-state index in [4.69, 9.17) is 0 Å². The molecule has 3 aromatic rings. The highest BCUT2D eigenvalue weighted by atomic mass is 32.2. The number of anilines is 1. The molecule has 1 heterocycles. The quantitative estimate of drug-likeness (QED) is 0.522. The molecule has 3 aromatic carbocycles. The number of amides is 1. The summed E-state index contributed by atoms with van der Waals surface area (Å²) in [7, 11) is -1.79. The first-order valence-corrected chi connectivity index (χ1v) is 13.3. The Hall–Kier alpha value is -3.16. The number of nitrogens with zero attached hydrogens (tertiary/aromatic N) is 3. The second-order valence-corrected chi connectivity index (χ2v) is 10.7. The molecule has 6 nitrogen and oxygen atoms in total. The molecule has 0 radical (unpaired) electrons. The lowest BCUT2D eigenvalue weighted by Gasteiger charge is -2.40. The summed E-state index contributed by atoms with van der Waals surface area (Å²) in [4.78, 5) is 17.3. The Balaban J connectivity index is 1.39. The second-order valence-electron chi connectivity index (χ2n) is 8.71. The molecular formula is C27H31N3O3S. The molecule has 0 aliphatic carbocycles. The van der Waals surface area contributed by atoms with Crippen molar-refractivity contribution in [1.29, 1.82) is 0 Å². The Morgan fingerprint density at radius 3 is 1.79 bits per heavy atom. The van der Waals surface area contributed by atoms with Gasteiger partial charge in [0.1, 0.15) is 0 Å². The Morgan fingerprint density at radius 2 is 1.32 bits per heavy atom. The van der Waals surface area contributed by atoms with Crippen LogP contribution in [-0.4, -0.2) is 63.6 Å². The van der Waals surface area contributed by atoms with Gasteiger partial charge in [-0.05, 0) is 28.8 Å². The first-order valence-electron chi connectivity index (χ1n) is 11.5. The number of hydrogen-bond donors (Lipinski definition) is 0. The fourth-order valence-corrected chi connectivity index (χ4v) is 4.92. The predicted octanol–water partition coefficient (Wildman–Crippen LogP) is 3.56. The first kappa shape index (κ1) is 24.0. The molecule has 178 valence electrons. The van der Waals surface area contributed by atoms with Gasteiger partial charge in [-0.3, -0.25) is 14.0 Å². The summed E-state index contributed by atoms with van der Waals surface area (Å²) in [6.07, 6.45) is 1.48. The molecular weight excluding hydrogens is 446 g/mol. The summed E-state index contributed by atoms with van der Waals surface area (Å²) in [5.41, 5.74) is 3.98. The van der Waals surface area contributed by atoms with Gasteiger partial charge < -0.3 is 4.90 Å². The maximum atomic E-state index is 13.0. The van der Waals surface area contributed by atoms with Crippen molar-refractivity contribution in [2.24, 2.45) is 0 Å². The van der Waals surface area contributed by atoms with Crippen molar-refractivity contribution in [1.82, 2.24) is 9.80 Å². The summed E-state index contributed by atoms with van der Waals surface area (Å²) >= 11 is 0. The molecule has 0 atom stereocenters. The van der Waals surface area contributed by atoms with Crippen LogP contribution in [0, 0.1) is 0 Å². The van der Waals surface area contributed by atoms with E-state index in [1.165, 1.54) is 28.7 Å². The Bertz CT molecular complexity index is 1150. The number of piperazine rings is 1. The van der Waals surface area contributed by atoms with Gasteiger partial charge in [-0.2, -0.15) is 0 Å². The topological polar surface area (TPSA) is 60.9 Å². The molecule has 0 bridgehead atoms. The lowest BCUT2D eigenvalue weighted by atomic mass is 9.96. The molecule has 0 N–H and O–H groups in total. The molecule has 1 saturated heterocycles.